The normalized spacial score (nSPS) is 19.7. The average Bonchev–Trinajstić information content (AvgIpc) is 3.72. The molecule has 258 valence electrons. The van der Waals surface area contributed by atoms with Crippen molar-refractivity contribution in [3.63, 3.8) is 0 Å². The van der Waals surface area contributed by atoms with Crippen LogP contribution in [0.25, 0.3) is 22.3 Å². The summed E-state index contributed by atoms with van der Waals surface area (Å²) < 4.78 is 11.1. The summed E-state index contributed by atoms with van der Waals surface area (Å²) in [5.41, 5.74) is 4.58. The van der Waals surface area contributed by atoms with E-state index in [0.717, 1.165) is 98.6 Å². The van der Waals surface area contributed by atoms with Crippen molar-refractivity contribution in [1.82, 2.24) is 30.2 Å². The van der Waals surface area contributed by atoms with Gasteiger partial charge in [0.15, 0.2) is 0 Å². The Balaban J connectivity index is 0.960. The third-order valence-corrected chi connectivity index (χ3v) is 9.86. The Labute approximate surface area is 287 Å². The zero-order chi connectivity index (χ0) is 34.0. The standard InChI is InChI=1S/C37H46N8O4/c1-36(2,3)49-35(47)42-28-5-4-15-44(22-28)21-25-10-14-38-31(19-25)34(46)41-27-8-6-26(7-9-27)30-20-29-32(43-30)39-24-40-33(29)45-16-11-37(12-17-45)13-18-48-23-37/h6-10,14,19-20,24,28H,4-5,11-13,15-18,21-23H2,1-3H3,(H,41,46)(H,42,47)(H,39,40,43)/t28-/m1/s1. The Morgan fingerprint density at radius 2 is 1.86 bits per heavy atom. The highest BCUT2D eigenvalue weighted by molar-refractivity contribution is 6.03. The first-order valence-corrected chi connectivity index (χ1v) is 17.4. The second kappa shape index (κ2) is 13.8. The fraction of sp³-hybridized carbons (Fsp3) is 0.486. The predicted molar refractivity (Wildman–Crippen MR) is 188 cm³/mol. The molecule has 6 heterocycles. The zero-order valence-electron chi connectivity index (χ0n) is 28.6. The smallest absolute Gasteiger partial charge is 0.407 e. The van der Waals surface area contributed by atoms with Crippen molar-refractivity contribution in [3.05, 3.63) is 66.2 Å². The lowest BCUT2D eigenvalue weighted by Gasteiger charge is -2.39. The number of amides is 2. The average molecular weight is 667 g/mol. The highest BCUT2D eigenvalue weighted by Crippen LogP contribution is 2.41. The van der Waals surface area contributed by atoms with Gasteiger partial charge < -0.3 is 30.0 Å². The van der Waals surface area contributed by atoms with Gasteiger partial charge in [0.2, 0.25) is 0 Å². The summed E-state index contributed by atoms with van der Waals surface area (Å²) >= 11 is 0. The van der Waals surface area contributed by atoms with Crippen molar-refractivity contribution in [2.24, 2.45) is 5.41 Å². The minimum Gasteiger partial charge on any atom is -0.444 e. The number of nitrogens with zero attached hydrogens (tertiary/aromatic N) is 5. The summed E-state index contributed by atoms with van der Waals surface area (Å²) in [4.78, 5) is 47.1. The highest BCUT2D eigenvalue weighted by Gasteiger charge is 2.38. The van der Waals surface area contributed by atoms with Crippen LogP contribution in [-0.4, -0.2) is 87.9 Å². The third kappa shape index (κ3) is 7.86. The van der Waals surface area contributed by atoms with Gasteiger partial charge in [-0.25, -0.2) is 14.8 Å². The Kier molecular flexibility index (Phi) is 9.25. The van der Waals surface area contributed by atoms with E-state index in [1.165, 1.54) is 0 Å². The van der Waals surface area contributed by atoms with Crippen LogP contribution in [0.15, 0.2) is 55.0 Å². The molecule has 0 radical (unpaired) electrons. The van der Waals surface area contributed by atoms with Gasteiger partial charge in [0.05, 0.1) is 12.0 Å². The molecule has 3 N–H and O–H groups in total. The summed E-state index contributed by atoms with van der Waals surface area (Å²) in [6.45, 7) is 11.6. The van der Waals surface area contributed by atoms with Gasteiger partial charge >= 0.3 is 6.09 Å². The van der Waals surface area contributed by atoms with E-state index >= 15 is 0 Å². The van der Waals surface area contributed by atoms with Crippen LogP contribution in [0.1, 0.15) is 68.9 Å². The molecule has 0 aliphatic carbocycles. The summed E-state index contributed by atoms with van der Waals surface area (Å²) in [5.74, 6) is 0.702. The van der Waals surface area contributed by atoms with Gasteiger partial charge in [-0.2, -0.15) is 0 Å². The Morgan fingerprint density at radius 1 is 1.04 bits per heavy atom. The number of ether oxygens (including phenoxy) is 2. The second-order valence-corrected chi connectivity index (χ2v) is 14.7. The minimum atomic E-state index is -0.533. The van der Waals surface area contributed by atoms with E-state index in [-0.39, 0.29) is 18.0 Å². The molecule has 2 amide bonds. The van der Waals surface area contributed by atoms with E-state index in [0.29, 0.717) is 29.9 Å². The van der Waals surface area contributed by atoms with E-state index < -0.39 is 5.60 Å². The van der Waals surface area contributed by atoms with E-state index in [9.17, 15) is 9.59 Å². The van der Waals surface area contributed by atoms with Crippen LogP contribution in [0.2, 0.25) is 0 Å². The molecule has 7 rings (SSSR count). The number of anilines is 2. The molecule has 0 saturated carbocycles. The van der Waals surface area contributed by atoms with Crippen LogP contribution >= 0.6 is 0 Å². The largest absolute Gasteiger partial charge is 0.444 e. The molecule has 3 fully saturated rings. The lowest BCUT2D eigenvalue weighted by atomic mass is 9.78. The maximum Gasteiger partial charge on any atom is 0.407 e. The molecule has 1 atom stereocenters. The molecule has 1 spiro atoms. The fourth-order valence-electron chi connectivity index (χ4n) is 7.25. The number of carbonyl (C=O) groups is 2. The lowest BCUT2D eigenvalue weighted by Crippen LogP contribution is -2.48. The number of carbonyl (C=O) groups excluding carboxylic acids is 2. The molecule has 3 aliphatic heterocycles. The molecule has 12 heteroatoms. The van der Waals surface area contributed by atoms with E-state index in [1.54, 1.807) is 12.5 Å². The minimum absolute atomic E-state index is 0.0188. The zero-order valence-corrected chi connectivity index (χ0v) is 28.6. The number of rotatable bonds is 7. The quantitative estimate of drug-likeness (QED) is 0.225. The number of hydrogen-bond acceptors (Lipinski definition) is 9. The molecule has 3 aliphatic rings. The number of nitrogens with one attached hydrogen (secondary N) is 3. The number of likely N-dealkylation sites (tertiary alicyclic amines) is 1. The fourth-order valence-corrected chi connectivity index (χ4v) is 7.25. The van der Waals surface area contributed by atoms with Crippen LogP contribution in [0.4, 0.5) is 16.3 Å². The molecular weight excluding hydrogens is 620 g/mol. The first kappa shape index (κ1) is 33.0. The number of fused-ring (bicyclic) bond motifs is 1. The van der Waals surface area contributed by atoms with Crippen LogP contribution in [0.3, 0.4) is 0 Å². The van der Waals surface area contributed by atoms with Crippen LogP contribution in [0.5, 0.6) is 0 Å². The third-order valence-electron chi connectivity index (χ3n) is 9.86. The first-order chi connectivity index (χ1) is 23.6. The molecule has 3 aromatic heterocycles. The summed E-state index contributed by atoms with van der Waals surface area (Å²) in [6, 6.07) is 13.7. The number of piperidine rings is 2. The first-order valence-electron chi connectivity index (χ1n) is 17.4. The number of aromatic amines is 1. The molecule has 4 aromatic rings. The Morgan fingerprint density at radius 3 is 2.61 bits per heavy atom. The molecule has 12 nitrogen and oxygen atoms in total. The van der Waals surface area contributed by atoms with Crippen molar-refractivity contribution in [3.8, 4) is 11.3 Å². The van der Waals surface area contributed by atoms with Crippen LogP contribution in [0, 0.1) is 5.41 Å². The van der Waals surface area contributed by atoms with Gasteiger partial charge in [-0.3, -0.25) is 14.7 Å². The lowest BCUT2D eigenvalue weighted by molar-refractivity contribution is 0.0470. The van der Waals surface area contributed by atoms with Crippen molar-refractivity contribution in [2.45, 2.75) is 71.1 Å². The number of benzene rings is 1. The van der Waals surface area contributed by atoms with E-state index in [2.05, 4.69) is 46.4 Å². The number of alkyl carbamates (subject to hydrolysis) is 1. The van der Waals surface area contributed by atoms with E-state index in [1.807, 2.05) is 57.2 Å². The second-order valence-electron chi connectivity index (χ2n) is 14.7. The van der Waals surface area contributed by atoms with Gasteiger partial charge in [-0.1, -0.05) is 12.1 Å². The monoisotopic (exact) mass is 666 g/mol. The van der Waals surface area contributed by atoms with Crippen molar-refractivity contribution >= 4 is 34.5 Å². The Bertz CT molecular complexity index is 1780. The van der Waals surface area contributed by atoms with Gasteiger partial charge in [0.1, 0.15) is 29.1 Å². The van der Waals surface area contributed by atoms with Gasteiger partial charge in [-0.15, -0.1) is 0 Å². The SMILES string of the molecule is CC(C)(C)OC(=O)N[C@@H]1CCCN(Cc2ccnc(C(=O)Nc3ccc(-c4cc5c(N6CCC7(CCOC7)CC6)ncnc5[nH]4)cc3)c2)C1. The molecule has 0 unspecified atom stereocenters. The van der Waals surface area contributed by atoms with Gasteiger partial charge in [0.25, 0.3) is 5.91 Å². The van der Waals surface area contributed by atoms with Crippen molar-refractivity contribution < 1.29 is 19.1 Å². The number of aromatic nitrogens is 4. The molecule has 1 aromatic carbocycles. The molecular formula is C37H46N8O4. The van der Waals surface area contributed by atoms with Crippen LogP contribution in [-0.2, 0) is 16.0 Å². The molecule has 0 bridgehead atoms. The topological polar surface area (TPSA) is 138 Å². The molecule has 49 heavy (non-hydrogen) atoms. The van der Waals surface area contributed by atoms with Gasteiger partial charge in [-0.05, 0) is 106 Å². The maximum atomic E-state index is 13.2. The van der Waals surface area contributed by atoms with Crippen molar-refractivity contribution in [1.29, 1.82) is 0 Å². The maximum absolute atomic E-state index is 13.2. The van der Waals surface area contributed by atoms with Crippen molar-refractivity contribution in [2.75, 3.05) is 49.6 Å². The number of H-pyrrole nitrogens is 1. The van der Waals surface area contributed by atoms with Gasteiger partial charge in [0, 0.05) is 56.4 Å². The summed E-state index contributed by atoms with van der Waals surface area (Å²) in [5, 5.41) is 7.00. The number of pyridine rings is 1. The van der Waals surface area contributed by atoms with E-state index in [4.69, 9.17) is 9.47 Å². The predicted octanol–water partition coefficient (Wildman–Crippen LogP) is 5.77. The highest BCUT2D eigenvalue weighted by atomic mass is 16.6. The molecule has 3 saturated heterocycles. The van der Waals surface area contributed by atoms with Crippen LogP contribution < -0.4 is 15.5 Å². The Hall–Kier alpha value is -4.55. The summed E-state index contributed by atoms with van der Waals surface area (Å²) in [7, 11) is 0. The summed E-state index contributed by atoms with van der Waals surface area (Å²) in [6.07, 6.45) is 8.20. The number of hydrogen-bond donors (Lipinski definition) is 3.